The average molecular weight is 83.2 g/mol. The van der Waals surface area contributed by atoms with Gasteiger partial charge in [-0.3, -0.25) is 0 Å². The molecule has 1 saturated carbocycles. The third-order valence-electron chi connectivity index (χ3n) is 1.56. The van der Waals surface area contributed by atoms with E-state index in [0.717, 1.165) is 0 Å². The molecule has 0 aliphatic heterocycles. The second-order valence-electron chi connectivity index (χ2n) is 1.96. The molecule has 0 nitrogen and oxygen atoms in total. The summed E-state index contributed by atoms with van der Waals surface area (Å²) in [5, 5.41) is 0. The minimum absolute atomic E-state index is 1.33. The first kappa shape index (κ1) is 4.17. The van der Waals surface area contributed by atoms with E-state index in [1.807, 2.05) is 0 Å². The molecule has 1 aliphatic carbocycles. The number of rotatable bonds is 1. The van der Waals surface area contributed by atoms with E-state index in [9.17, 15) is 0 Å². The van der Waals surface area contributed by atoms with Crippen molar-refractivity contribution in [3.8, 4) is 0 Å². The summed E-state index contributed by atoms with van der Waals surface area (Å²) >= 11 is 0. The van der Waals surface area contributed by atoms with Crippen LogP contribution in [0.25, 0.3) is 0 Å². The molecule has 0 bridgehead atoms. The highest BCUT2D eigenvalue weighted by atomic mass is 14.2. The predicted octanol–water partition coefficient (Wildman–Crippen LogP) is 2.15. The number of hydrogen-bond donors (Lipinski definition) is 0. The van der Waals surface area contributed by atoms with E-state index in [1.54, 1.807) is 5.92 Å². The van der Waals surface area contributed by atoms with Crippen molar-refractivity contribution in [2.75, 3.05) is 0 Å². The zero-order valence-electron chi connectivity index (χ0n) is 4.33. The Morgan fingerprint density at radius 1 is 1.50 bits per heavy atom. The first-order valence-corrected chi connectivity index (χ1v) is 2.77. The van der Waals surface area contributed by atoms with Crippen molar-refractivity contribution >= 4 is 0 Å². The van der Waals surface area contributed by atoms with Crippen LogP contribution in [0.15, 0.2) is 0 Å². The molecule has 6 heavy (non-hydrogen) atoms. The molecule has 0 saturated heterocycles. The van der Waals surface area contributed by atoms with Gasteiger partial charge in [-0.2, -0.15) is 19.3 Å². The second-order valence-corrected chi connectivity index (χ2v) is 1.96. The molecular formula is C6H11-. The minimum atomic E-state index is 1.33. The van der Waals surface area contributed by atoms with E-state index in [1.165, 1.54) is 25.7 Å². The molecule has 0 aromatic rings. The zero-order valence-corrected chi connectivity index (χ0v) is 4.33. The van der Waals surface area contributed by atoms with Gasteiger partial charge < -0.3 is 5.92 Å². The van der Waals surface area contributed by atoms with Crippen molar-refractivity contribution in [1.29, 1.82) is 0 Å². The van der Waals surface area contributed by atoms with Crippen molar-refractivity contribution in [2.45, 2.75) is 32.6 Å². The Morgan fingerprint density at radius 3 is 2.17 bits per heavy atom. The third-order valence-corrected chi connectivity index (χ3v) is 1.56. The summed E-state index contributed by atoms with van der Waals surface area (Å²) in [6.07, 6.45) is 5.65. The molecule has 1 fully saturated rings. The van der Waals surface area contributed by atoms with E-state index in [4.69, 9.17) is 0 Å². The standard InChI is InChI=1S/C6H11/c1-2-6-4-3-5-6/h2-5H2,1H3/q-1. The lowest BCUT2D eigenvalue weighted by atomic mass is 9.84. The second kappa shape index (κ2) is 1.63. The highest BCUT2D eigenvalue weighted by Gasteiger charge is 1.97. The molecule has 0 N–H and O–H groups in total. The molecule has 36 valence electrons. The van der Waals surface area contributed by atoms with E-state index < -0.39 is 0 Å². The molecule has 0 heteroatoms. The van der Waals surface area contributed by atoms with Crippen LogP contribution in [0, 0.1) is 5.92 Å². The van der Waals surface area contributed by atoms with Crippen molar-refractivity contribution in [3.05, 3.63) is 5.92 Å². The fourth-order valence-corrected chi connectivity index (χ4v) is 0.780. The zero-order chi connectivity index (χ0) is 4.41. The molecule has 0 amide bonds. The van der Waals surface area contributed by atoms with Crippen LogP contribution < -0.4 is 0 Å². The van der Waals surface area contributed by atoms with Crippen LogP contribution in [-0.2, 0) is 0 Å². The predicted molar refractivity (Wildman–Crippen MR) is 27.4 cm³/mol. The smallest absolute Gasteiger partial charge is 0.0923 e. The molecule has 1 rings (SSSR count). The maximum absolute atomic E-state index is 2.24. The van der Waals surface area contributed by atoms with Crippen LogP contribution in [0.1, 0.15) is 32.6 Å². The molecule has 0 aromatic heterocycles. The lowest BCUT2D eigenvalue weighted by Gasteiger charge is -2.38. The quantitative estimate of drug-likeness (QED) is 0.426. The fourth-order valence-electron chi connectivity index (χ4n) is 0.780. The van der Waals surface area contributed by atoms with Crippen molar-refractivity contribution in [1.82, 2.24) is 0 Å². The van der Waals surface area contributed by atoms with Gasteiger partial charge in [0.1, 0.15) is 0 Å². The largest absolute Gasteiger partial charge is 0.314 e. The molecule has 0 aromatic carbocycles. The Morgan fingerprint density at radius 2 is 2.17 bits per heavy atom. The molecule has 0 unspecified atom stereocenters. The van der Waals surface area contributed by atoms with Gasteiger partial charge in [0.05, 0.1) is 0 Å². The van der Waals surface area contributed by atoms with Gasteiger partial charge in [-0.25, -0.2) is 0 Å². The van der Waals surface area contributed by atoms with Gasteiger partial charge >= 0.3 is 0 Å². The van der Waals surface area contributed by atoms with E-state index in [0.29, 0.717) is 0 Å². The van der Waals surface area contributed by atoms with Crippen LogP contribution in [0.3, 0.4) is 0 Å². The summed E-state index contributed by atoms with van der Waals surface area (Å²) in [6.45, 7) is 2.24. The maximum Gasteiger partial charge on any atom is -0.0923 e. The summed E-state index contributed by atoms with van der Waals surface area (Å²) in [6, 6.07) is 0. The molecule has 0 spiro atoms. The first-order chi connectivity index (χ1) is 2.93. The topological polar surface area (TPSA) is 0 Å². The van der Waals surface area contributed by atoms with Crippen LogP contribution in [0.2, 0.25) is 0 Å². The molecule has 0 radical (unpaired) electrons. The van der Waals surface area contributed by atoms with E-state index in [-0.39, 0.29) is 0 Å². The monoisotopic (exact) mass is 83.1 g/mol. The Hall–Kier alpha value is 0. The Balaban J connectivity index is 2.01. The fraction of sp³-hybridized carbons (Fsp3) is 0.833. The lowest BCUT2D eigenvalue weighted by Crippen LogP contribution is -2.05. The van der Waals surface area contributed by atoms with Gasteiger partial charge in [0.2, 0.25) is 0 Å². The Kier molecular flexibility index (Phi) is 1.13. The Labute approximate surface area is 39.6 Å². The van der Waals surface area contributed by atoms with Gasteiger partial charge in [0.15, 0.2) is 0 Å². The van der Waals surface area contributed by atoms with Crippen LogP contribution >= 0.6 is 0 Å². The highest BCUT2D eigenvalue weighted by molar-refractivity contribution is 4.96. The summed E-state index contributed by atoms with van der Waals surface area (Å²) in [7, 11) is 0. The minimum Gasteiger partial charge on any atom is -0.314 e. The van der Waals surface area contributed by atoms with Crippen molar-refractivity contribution in [3.63, 3.8) is 0 Å². The van der Waals surface area contributed by atoms with Gasteiger partial charge in [0.25, 0.3) is 0 Å². The third kappa shape index (κ3) is 0.562. The van der Waals surface area contributed by atoms with Crippen molar-refractivity contribution < 1.29 is 0 Å². The summed E-state index contributed by atoms with van der Waals surface area (Å²) in [5.41, 5.74) is 0. The van der Waals surface area contributed by atoms with Gasteiger partial charge in [0, 0.05) is 0 Å². The maximum atomic E-state index is 2.24. The van der Waals surface area contributed by atoms with Gasteiger partial charge in [-0.15, -0.1) is 6.42 Å². The highest BCUT2D eigenvalue weighted by Crippen LogP contribution is 2.30. The first-order valence-electron chi connectivity index (χ1n) is 2.77. The normalized spacial score (nSPS) is 23.5. The Bertz CT molecular complexity index is 32.5. The lowest BCUT2D eigenvalue weighted by molar-refractivity contribution is 0.520. The van der Waals surface area contributed by atoms with Gasteiger partial charge in [-0.1, -0.05) is 6.92 Å². The molecule has 0 heterocycles. The van der Waals surface area contributed by atoms with Crippen molar-refractivity contribution in [2.24, 2.45) is 0 Å². The number of hydrogen-bond acceptors (Lipinski definition) is 0. The van der Waals surface area contributed by atoms with Crippen LogP contribution in [0.5, 0.6) is 0 Å². The van der Waals surface area contributed by atoms with E-state index in [2.05, 4.69) is 6.92 Å². The summed E-state index contributed by atoms with van der Waals surface area (Å²) < 4.78 is 0. The SMILES string of the molecule is CC[C-]1CCC1. The molecule has 1 aliphatic rings. The summed E-state index contributed by atoms with van der Waals surface area (Å²) in [5.74, 6) is 1.77. The van der Waals surface area contributed by atoms with Crippen LogP contribution in [0.4, 0.5) is 0 Å². The molecule has 0 atom stereocenters. The molecular weight excluding hydrogens is 72.1 g/mol. The van der Waals surface area contributed by atoms with Crippen LogP contribution in [-0.4, -0.2) is 0 Å². The van der Waals surface area contributed by atoms with Gasteiger partial charge in [-0.05, 0) is 0 Å². The average Bonchev–Trinajstić information content (AvgIpc) is 1.31. The van der Waals surface area contributed by atoms with E-state index >= 15 is 0 Å². The summed E-state index contributed by atoms with van der Waals surface area (Å²) in [4.78, 5) is 0.